The van der Waals surface area contributed by atoms with Gasteiger partial charge in [0.2, 0.25) is 0 Å². The first-order valence-corrected chi connectivity index (χ1v) is 7.16. The Morgan fingerprint density at radius 3 is 2.11 bits per heavy atom. The van der Waals surface area contributed by atoms with Gasteiger partial charge in [0.05, 0.1) is 14.2 Å². The van der Waals surface area contributed by atoms with Gasteiger partial charge in [-0.15, -0.1) is 0 Å². The highest BCUT2D eigenvalue weighted by molar-refractivity contribution is 5.38. The molecule has 0 saturated heterocycles. The molecule has 0 atom stereocenters. The van der Waals surface area contributed by atoms with Crippen molar-refractivity contribution in [2.45, 2.75) is 45.2 Å². The largest absolute Gasteiger partial charge is 0.497 e. The van der Waals surface area contributed by atoms with Crippen LogP contribution in [0.3, 0.4) is 0 Å². The Labute approximate surface area is 116 Å². The van der Waals surface area contributed by atoms with Gasteiger partial charge in [0.15, 0.2) is 0 Å². The highest BCUT2D eigenvalue weighted by Gasteiger charge is 2.17. The van der Waals surface area contributed by atoms with E-state index in [0.29, 0.717) is 6.04 Å². The lowest BCUT2D eigenvalue weighted by molar-refractivity contribution is 0.306. The number of hydrogen-bond acceptors (Lipinski definition) is 3. The molecule has 0 spiro atoms. The molecule has 0 aliphatic heterocycles. The molecular formula is C16H25NO2. The van der Waals surface area contributed by atoms with E-state index in [9.17, 15) is 0 Å². The first-order valence-electron chi connectivity index (χ1n) is 7.16. The van der Waals surface area contributed by atoms with Crippen LogP contribution in [-0.2, 0) is 6.54 Å². The van der Waals surface area contributed by atoms with Crippen molar-refractivity contribution in [2.75, 3.05) is 14.2 Å². The summed E-state index contributed by atoms with van der Waals surface area (Å²) >= 11 is 0. The van der Waals surface area contributed by atoms with Crippen molar-refractivity contribution in [3.8, 4) is 11.5 Å². The van der Waals surface area contributed by atoms with E-state index in [0.717, 1.165) is 24.0 Å². The number of ether oxygens (including phenoxy) is 2. The average Bonchev–Trinajstić information content (AvgIpc) is 2.46. The molecule has 0 bridgehead atoms. The van der Waals surface area contributed by atoms with Gasteiger partial charge in [0.25, 0.3) is 0 Å². The Morgan fingerprint density at radius 1 is 1.00 bits per heavy atom. The highest BCUT2D eigenvalue weighted by Crippen LogP contribution is 2.25. The molecule has 3 heteroatoms. The molecule has 0 unspecified atom stereocenters. The van der Waals surface area contributed by atoms with Gasteiger partial charge in [0, 0.05) is 18.7 Å². The van der Waals surface area contributed by atoms with Crippen LogP contribution in [0.2, 0.25) is 0 Å². The predicted molar refractivity (Wildman–Crippen MR) is 77.8 cm³/mol. The van der Waals surface area contributed by atoms with Crippen LogP contribution in [-0.4, -0.2) is 20.3 Å². The Balaban J connectivity index is 1.91. The summed E-state index contributed by atoms with van der Waals surface area (Å²) in [5.41, 5.74) is 1.22. The third-order valence-corrected chi connectivity index (χ3v) is 4.02. The van der Waals surface area contributed by atoms with Gasteiger partial charge in [-0.05, 0) is 49.3 Å². The maximum atomic E-state index is 5.30. The molecule has 1 aromatic rings. The summed E-state index contributed by atoms with van der Waals surface area (Å²) in [6, 6.07) is 6.71. The zero-order chi connectivity index (χ0) is 13.7. The summed E-state index contributed by atoms with van der Waals surface area (Å²) in [5.74, 6) is 2.61. The summed E-state index contributed by atoms with van der Waals surface area (Å²) < 4.78 is 10.6. The smallest absolute Gasteiger partial charge is 0.122 e. The lowest BCUT2D eigenvalue weighted by Crippen LogP contribution is -2.32. The lowest BCUT2D eigenvalue weighted by atomic mass is 9.87. The molecule has 1 aromatic carbocycles. The fraction of sp³-hybridized carbons (Fsp3) is 0.625. The SMILES string of the molecule is COc1cc(CNC2CCC(C)CC2)cc(OC)c1. The molecule has 19 heavy (non-hydrogen) atoms. The van der Waals surface area contributed by atoms with Crippen molar-refractivity contribution in [2.24, 2.45) is 5.92 Å². The summed E-state index contributed by atoms with van der Waals surface area (Å²) in [6.07, 6.45) is 5.28. The quantitative estimate of drug-likeness (QED) is 0.883. The maximum absolute atomic E-state index is 5.30. The van der Waals surface area contributed by atoms with Crippen LogP contribution in [0.15, 0.2) is 18.2 Å². The number of nitrogens with one attached hydrogen (secondary N) is 1. The summed E-state index contributed by atoms with van der Waals surface area (Å²) in [6.45, 7) is 3.23. The molecule has 0 heterocycles. The van der Waals surface area contributed by atoms with E-state index in [4.69, 9.17) is 9.47 Å². The first-order chi connectivity index (χ1) is 9.21. The van der Waals surface area contributed by atoms with Crippen LogP contribution in [0.5, 0.6) is 11.5 Å². The van der Waals surface area contributed by atoms with Crippen LogP contribution in [0, 0.1) is 5.92 Å². The Hall–Kier alpha value is -1.22. The van der Waals surface area contributed by atoms with Gasteiger partial charge in [-0.3, -0.25) is 0 Å². The standard InChI is InChI=1S/C16H25NO2/c1-12-4-6-14(7-5-12)17-11-13-8-15(18-2)10-16(9-13)19-3/h8-10,12,14,17H,4-7,11H2,1-3H3. The second-order valence-corrected chi connectivity index (χ2v) is 5.56. The zero-order valence-corrected chi connectivity index (χ0v) is 12.2. The Bertz CT molecular complexity index is 375. The van der Waals surface area contributed by atoms with Crippen LogP contribution in [0.4, 0.5) is 0 Å². The third kappa shape index (κ3) is 4.13. The maximum Gasteiger partial charge on any atom is 0.122 e. The van der Waals surface area contributed by atoms with Crippen molar-refractivity contribution in [3.63, 3.8) is 0 Å². The molecule has 2 rings (SSSR count). The summed E-state index contributed by atoms with van der Waals surface area (Å²) in [4.78, 5) is 0. The van der Waals surface area contributed by atoms with Gasteiger partial charge >= 0.3 is 0 Å². The molecular weight excluding hydrogens is 238 g/mol. The fourth-order valence-electron chi connectivity index (χ4n) is 2.69. The molecule has 106 valence electrons. The number of benzene rings is 1. The van der Waals surface area contributed by atoms with Crippen LogP contribution >= 0.6 is 0 Å². The molecule has 1 fully saturated rings. The van der Waals surface area contributed by atoms with Crippen molar-refractivity contribution in [3.05, 3.63) is 23.8 Å². The molecule has 1 saturated carbocycles. The van der Waals surface area contributed by atoms with E-state index in [1.807, 2.05) is 6.07 Å². The van der Waals surface area contributed by atoms with E-state index in [1.165, 1.54) is 31.2 Å². The third-order valence-electron chi connectivity index (χ3n) is 4.02. The molecule has 0 amide bonds. The monoisotopic (exact) mass is 263 g/mol. The zero-order valence-electron chi connectivity index (χ0n) is 12.2. The second-order valence-electron chi connectivity index (χ2n) is 5.56. The van der Waals surface area contributed by atoms with Crippen LogP contribution in [0.1, 0.15) is 38.2 Å². The number of methoxy groups -OCH3 is 2. The van der Waals surface area contributed by atoms with Gasteiger partial charge in [0.1, 0.15) is 11.5 Å². The molecule has 1 N–H and O–H groups in total. The molecule has 0 aromatic heterocycles. The Kier molecular flexibility index (Phi) is 5.08. The van der Waals surface area contributed by atoms with Gasteiger partial charge in [-0.1, -0.05) is 6.92 Å². The number of hydrogen-bond donors (Lipinski definition) is 1. The van der Waals surface area contributed by atoms with Crippen molar-refractivity contribution in [1.29, 1.82) is 0 Å². The van der Waals surface area contributed by atoms with E-state index in [-0.39, 0.29) is 0 Å². The van der Waals surface area contributed by atoms with Crippen molar-refractivity contribution >= 4 is 0 Å². The first kappa shape index (κ1) is 14.2. The number of rotatable bonds is 5. The average molecular weight is 263 g/mol. The highest BCUT2D eigenvalue weighted by atomic mass is 16.5. The molecule has 1 aliphatic carbocycles. The minimum Gasteiger partial charge on any atom is -0.497 e. The van der Waals surface area contributed by atoms with E-state index >= 15 is 0 Å². The molecule has 3 nitrogen and oxygen atoms in total. The van der Waals surface area contributed by atoms with Crippen LogP contribution in [0.25, 0.3) is 0 Å². The topological polar surface area (TPSA) is 30.5 Å². The lowest BCUT2D eigenvalue weighted by Gasteiger charge is -2.27. The predicted octanol–water partition coefficient (Wildman–Crippen LogP) is 3.37. The Morgan fingerprint density at radius 2 is 1.58 bits per heavy atom. The van der Waals surface area contributed by atoms with Crippen LogP contribution < -0.4 is 14.8 Å². The normalized spacial score (nSPS) is 23.1. The van der Waals surface area contributed by atoms with E-state index in [1.54, 1.807) is 14.2 Å². The van der Waals surface area contributed by atoms with E-state index in [2.05, 4.69) is 24.4 Å². The summed E-state index contributed by atoms with van der Waals surface area (Å²) in [5, 5.41) is 3.65. The summed E-state index contributed by atoms with van der Waals surface area (Å²) in [7, 11) is 3.38. The second kappa shape index (κ2) is 6.80. The van der Waals surface area contributed by atoms with Crippen molar-refractivity contribution in [1.82, 2.24) is 5.32 Å². The van der Waals surface area contributed by atoms with Crippen molar-refractivity contribution < 1.29 is 9.47 Å². The van der Waals surface area contributed by atoms with E-state index < -0.39 is 0 Å². The molecule has 1 aliphatic rings. The van der Waals surface area contributed by atoms with Gasteiger partial charge in [-0.2, -0.15) is 0 Å². The minimum absolute atomic E-state index is 0.661. The van der Waals surface area contributed by atoms with Gasteiger partial charge < -0.3 is 14.8 Å². The minimum atomic E-state index is 0.661. The fourth-order valence-corrected chi connectivity index (χ4v) is 2.69. The van der Waals surface area contributed by atoms with Gasteiger partial charge in [-0.25, -0.2) is 0 Å². The molecule has 0 radical (unpaired) electrons.